The highest BCUT2D eigenvalue weighted by molar-refractivity contribution is 7.92. The van der Waals surface area contributed by atoms with Gasteiger partial charge in [0.2, 0.25) is 10.0 Å². The lowest BCUT2D eigenvalue weighted by Gasteiger charge is -2.37. The third-order valence-corrected chi connectivity index (χ3v) is 9.61. The summed E-state index contributed by atoms with van der Waals surface area (Å²) >= 11 is 0. The van der Waals surface area contributed by atoms with Crippen molar-refractivity contribution in [2.24, 2.45) is 0 Å². The van der Waals surface area contributed by atoms with Crippen molar-refractivity contribution in [1.29, 1.82) is 0 Å². The molecule has 1 heterocycles. The molecule has 180 valence electrons. The maximum Gasteiger partial charge on any atom is 0.416 e. The van der Waals surface area contributed by atoms with E-state index in [0.29, 0.717) is 16.9 Å². The molecule has 3 aromatic carbocycles. The molecule has 1 aliphatic heterocycles. The van der Waals surface area contributed by atoms with Gasteiger partial charge in [0.15, 0.2) is 9.84 Å². The SMILES string of the molecule is COc1ccc(S(=O)(=O)C2CN(S(=O)(=O)c3ccc(-c4cccc(C(F)(F)F)c4)cc3)C2)cc1. The number of alkyl halides is 3. The first-order valence-corrected chi connectivity index (χ1v) is 13.1. The molecule has 0 N–H and O–H groups in total. The van der Waals surface area contributed by atoms with Crippen molar-refractivity contribution in [2.45, 2.75) is 21.2 Å². The van der Waals surface area contributed by atoms with E-state index in [4.69, 9.17) is 4.74 Å². The van der Waals surface area contributed by atoms with Gasteiger partial charge < -0.3 is 4.74 Å². The minimum Gasteiger partial charge on any atom is -0.497 e. The summed E-state index contributed by atoms with van der Waals surface area (Å²) in [6.07, 6.45) is -4.49. The van der Waals surface area contributed by atoms with Crippen LogP contribution in [-0.4, -0.2) is 46.6 Å². The first-order chi connectivity index (χ1) is 15.9. The third kappa shape index (κ3) is 4.55. The van der Waals surface area contributed by atoms with Gasteiger partial charge in [-0.15, -0.1) is 0 Å². The van der Waals surface area contributed by atoms with Crippen molar-refractivity contribution in [3.8, 4) is 16.9 Å². The first kappa shape index (κ1) is 24.2. The lowest BCUT2D eigenvalue weighted by atomic mass is 10.0. The van der Waals surface area contributed by atoms with Crippen LogP contribution in [0.5, 0.6) is 5.75 Å². The van der Waals surface area contributed by atoms with Gasteiger partial charge in [0.1, 0.15) is 5.75 Å². The largest absolute Gasteiger partial charge is 0.497 e. The second-order valence-electron chi connectivity index (χ2n) is 7.77. The standard InChI is InChI=1S/C23H20F3NO5S2/c1-32-19-7-11-20(12-8-19)33(28,29)22-14-27(15-22)34(30,31)21-9-5-16(6-10-21)17-3-2-4-18(13-17)23(24,25)26/h2-13,22H,14-15H2,1H3. The summed E-state index contributed by atoms with van der Waals surface area (Å²) in [4.78, 5) is 0.0179. The number of methoxy groups -OCH3 is 1. The Balaban J connectivity index is 1.48. The molecule has 6 nitrogen and oxygen atoms in total. The number of sulfonamides is 1. The van der Waals surface area contributed by atoms with E-state index < -0.39 is 36.9 Å². The minimum absolute atomic E-state index is 0.0662. The second-order valence-corrected chi connectivity index (χ2v) is 11.9. The molecule has 0 unspecified atom stereocenters. The molecule has 1 fully saturated rings. The lowest BCUT2D eigenvalue weighted by molar-refractivity contribution is -0.137. The van der Waals surface area contributed by atoms with Crippen LogP contribution in [0.2, 0.25) is 0 Å². The van der Waals surface area contributed by atoms with Crippen LogP contribution in [0, 0.1) is 0 Å². The van der Waals surface area contributed by atoms with Gasteiger partial charge >= 0.3 is 6.18 Å². The quantitative estimate of drug-likeness (QED) is 0.495. The predicted molar refractivity (Wildman–Crippen MR) is 120 cm³/mol. The summed E-state index contributed by atoms with van der Waals surface area (Å²) in [7, 11) is -6.20. The van der Waals surface area contributed by atoms with Crippen molar-refractivity contribution < 1.29 is 34.7 Å². The van der Waals surface area contributed by atoms with E-state index in [0.717, 1.165) is 16.4 Å². The lowest BCUT2D eigenvalue weighted by Crippen LogP contribution is -2.56. The van der Waals surface area contributed by atoms with Gasteiger partial charge in [0.25, 0.3) is 0 Å². The van der Waals surface area contributed by atoms with E-state index in [-0.39, 0.29) is 22.9 Å². The third-order valence-electron chi connectivity index (χ3n) is 5.66. The van der Waals surface area contributed by atoms with Gasteiger partial charge in [-0.25, -0.2) is 16.8 Å². The Bertz CT molecular complexity index is 1400. The number of halogens is 3. The summed E-state index contributed by atoms with van der Waals surface area (Å²) < 4.78 is 96.3. The molecule has 0 radical (unpaired) electrons. The summed E-state index contributed by atoms with van der Waals surface area (Å²) in [6.45, 7) is -0.377. The number of benzene rings is 3. The van der Waals surface area contributed by atoms with E-state index >= 15 is 0 Å². The van der Waals surface area contributed by atoms with Crippen LogP contribution in [0.15, 0.2) is 82.6 Å². The molecule has 0 spiro atoms. The molecule has 0 atom stereocenters. The minimum atomic E-state index is -4.49. The number of sulfone groups is 1. The second kappa shape index (κ2) is 8.71. The maximum absolute atomic E-state index is 13.0. The van der Waals surface area contributed by atoms with E-state index in [1.54, 1.807) is 0 Å². The van der Waals surface area contributed by atoms with Gasteiger partial charge in [0.05, 0.1) is 27.7 Å². The van der Waals surface area contributed by atoms with Crippen LogP contribution < -0.4 is 4.74 Å². The number of hydrogen-bond acceptors (Lipinski definition) is 5. The fourth-order valence-corrected chi connectivity index (χ4v) is 6.97. The molecule has 1 saturated heterocycles. The summed E-state index contributed by atoms with van der Waals surface area (Å²) in [6, 6.07) is 16.1. The fraction of sp³-hybridized carbons (Fsp3) is 0.217. The Labute approximate surface area is 195 Å². The van der Waals surface area contributed by atoms with Crippen molar-refractivity contribution in [3.63, 3.8) is 0 Å². The first-order valence-electron chi connectivity index (χ1n) is 10.1. The molecular formula is C23H20F3NO5S2. The zero-order chi connectivity index (χ0) is 24.7. The van der Waals surface area contributed by atoms with Gasteiger partial charge in [-0.2, -0.15) is 17.5 Å². The number of hydrogen-bond donors (Lipinski definition) is 0. The molecule has 0 aromatic heterocycles. The number of rotatable bonds is 6. The van der Waals surface area contributed by atoms with Crippen LogP contribution in [0.25, 0.3) is 11.1 Å². The smallest absolute Gasteiger partial charge is 0.416 e. The molecule has 0 aliphatic carbocycles. The molecule has 11 heteroatoms. The molecule has 0 saturated carbocycles. The highest BCUT2D eigenvalue weighted by atomic mass is 32.2. The summed E-state index contributed by atoms with van der Waals surface area (Å²) in [5.41, 5.74) is -0.0756. The number of nitrogens with zero attached hydrogens (tertiary/aromatic N) is 1. The Hall–Kier alpha value is -2.89. The highest BCUT2D eigenvalue weighted by Gasteiger charge is 2.44. The fourth-order valence-electron chi connectivity index (χ4n) is 3.59. The van der Waals surface area contributed by atoms with Crippen LogP contribution in [0.3, 0.4) is 0 Å². The maximum atomic E-state index is 13.0. The molecule has 34 heavy (non-hydrogen) atoms. The molecule has 0 bridgehead atoms. The molecular weight excluding hydrogens is 491 g/mol. The van der Waals surface area contributed by atoms with Crippen LogP contribution in [0.4, 0.5) is 13.2 Å². The van der Waals surface area contributed by atoms with E-state index in [1.807, 2.05) is 0 Å². The van der Waals surface area contributed by atoms with Crippen molar-refractivity contribution in [2.75, 3.05) is 20.2 Å². The number of ether oxygens (including phenoxy) is 1. The van der Waals surface area contributed by atoms with Gasteiger partial charge in [-0.1, -0.05) is 24.3 Å². The zero-order valence-corrected chi connectivity index (χ0v) is 19.5. The van der Waals surface area contributed by atoms with Crippen LogP contribution in [-0.2, 0) is 26.0 Å². The normalized spacial score (nSPS) is 15.6. The summed E-state index contributed by atoms with van der Waals surface area (Å²) in [5, 5.41) is -0.875. The van der Waals surface area contributed by atoms with Crippen molar-refractivity contribution in [3.05, 3.63) is 78.4 Å². The van der Waals surface area contributed by atoms with Gasteiger partial charge in [-0.05, 0) is 59.7 Å². The van der Waals surface area contributed by atoms with Gasteiger partial charge in [0, 0.05) is 13.1 Å². The van der Waals surface area contributed by atoms with E-state index in [2.05, 4.69) is 0 Å². The van der Waals surface area contributed by atoms with Gasteiger partial charge in [-0.3, -0.25) is 0 Å². The zero-order valence-electron chi connectivity index (χ0n) is 17.9. The highest BCUT2D eigenvalue weighted by Crippen LogP contribution is 2.33. The van der Waals surface area contributed by atoms with E-state index in [9.17, 15) is 30.0 Å². The molecule has 0 amide bonds. The van der Waals surface area contributed by atoms with Crippen molar-refractivity contribution >= 4 is 19.9 Å². The Morgan fingerprint density at radius 1 is 0.824 bits per heavy atom. The molecule has 3 aromatic rings. The predicted octanol–water partition coefficient (Wildman–Crippen LogP) is 4.23. The topological polar surface area (TPSA) is 80.8 Å². The monoisotopic (exact) mass is 511 g/mol. The molecule has 1 aliphatic rings. The summed E-state index contributed by atoms with van der Waals surface area (Å²) in [5.74, 6) is 0.505. The Morgan fingerprint density at radius 3 is 1.97 bits per heavy atom. The average Bonchev–Trinajstić information content (AvgIpc) is 2.77. The van der Waals surface area contributed by atoms with Crippen LogP contribution >= 0.6 is 0 Å². The molecule has 4 rings (SSSR count). The Kier molecular flexibility index (Phi) is 6.21. The Morgan fingerprint density at radius 2 is 1.41 bits per heavy atom. The average molecular weight is 512 g/mol. The van der Waals surface area contributed by atoms with E-state index in [1.165, 1.54) is 67.8 Å². The van der Waals surface area contributed by atoms with Crippen molar-refractivity contribution in [1.82, 2.24) is 4.31 Å². The van der Waals surface area contributed by atoms with Crippen LogP contribution in [0.1, 0.15) is 5.56 Å².